The minimum absolute atomic E-state index is 0.0469. The Labute approximate surface area is 226 Å². The Morgan fingerprint density at radius 3 is 2.29 bits per heavy atom. The van der Waals surface area contributed by atoms with Crippen LogP contribution in [-0.2, 0) is 9.59 Å². The average Bonchev–Trinajstić information content (AvgIpc) is 2.96. The van der Waals surface area contributed by atoms with E-state index in [2.05, 4.69) is 40.7 Å². The Kier molecular flexibility index (Phi) is 9.26. The van der Waals surface area contributed by atoms with Crippen molar-refractivity contribution in [3.05, 3.63) is 108 Å². The number of hydrogen-bond donors (Lipinski definition) is 1. The molecule has 2 atom stereocenters. The topological polar surface area (TPSA) is 62.3 Å². The number of allylic oxidation sites excluding steroid dienone is 4. The zero-order chi connectivity index (χ0) is 26.9. The van der Waals surface area contributed by atoms with Gasteiger partial charge in [0.1, 0.15) is 6.04 Å². The van der Waals surface area contributed by atoms with E-state index in [4.69, 9.17) is 0 Å². The second-order valence-corrected chi connectivity index (χ2v) is 10.2. The van der Waals surface area contributed by atoms with E-state index in [9.17, 15) is 9.59 Å². The number of amides is 2. The fourth-order valence-corrected chi connectivity index (χ4v) is 4.71. The molecule has 0 unspecified atom stereocenters. The molecule has 0 bridgehead atoms. The number of carbonyl (C=O) groups is 2. The van der Waals surface area contributed by atoms with Gasteiger partial charge in [-0.05, 0) is 61.9 Å². The maximum atomic E-state index is 13.9. The molecule has 1 aliphatic carbocycles. The van der Waals surface area contributed by atoms with Gasteiger partial charge in [0.15, 0.2) is 0 Å². The maximum Gasteiger partial charge on any atom is 0.248 e. The zero-order valence-corrected chi connectivity index (χ0v) is 22.5. The van der Waals surface area contributed by atoms with Crippen molar-refractivity contribution in [2.24, 2.45) is 5.92 Å². The van der Waals surface area contributed by atoms with Crippen LogP contribution in [0.5, 0.6) is 0 Å². The van der Waals surface area contributed by atoms with Crippen molar-refractivity contribution in [1.29, 1.82) is 0 Å². The highest BCUT2D eigenvalue weighted by atomic mass is 16.2. The summed E-state index contributed by atoms with van der Waals surface area (Å²) in [6, 6.07) is 20.7. The van der Waals surface area contributed by atoms with Crippen molar-refractivity contribution in [2.75, 3.05) is 4.90 Å². The van der Waals surface area contributed by atoms with Crippen LogP contribution < -0.4 is 10.2 Å². The van der Waals surface area contributed by atoms with Crippen LogP contribution in [0.4, 0.5) is 5.69 Å². The number of hydrogen-bond acceptors (Lipinski definition) is 3. The Hall–Kier alpha value is -3.99. The Balaban J connectivity index is 1.62. The average molecular weight is 508 g/mol. The van der Waals surface area contributed by atoms with Gasteiger partial charge in [-0.3, -0.25) is 19.5 Å². The van der Waals surface area contributed by atoms with Crippen LogP contribution in [0.2, 0.25) is 0 Å². The second kappa shape index (κ2) is 13.0. The van der Waals surface area contributed by atoms with E-state index >= 15 is 0 Å². The highest BCUT2D eigenvalue weighted by Crippen LogP contribution is 2.31. The van der Waals surface area contributed by atoms with Crippen molar-refractivity contribution in [3.8, 4) is 11.1 Å². The molecule has 1 aromatic heterocycles. The summed E-state index contributed by atoms with van der Waals surface area (Å²) < 4.78 is 0. The number of nitrogens with zero attached hydrogens (tertiary/aromatic N) is 2. The fourth-order valence-electron chi connectivity index (χ4n) is 4.71. The van der Waals surface area contributed by atoms with Crippen molar-refractivity contribution in [1.82, 2.24) is 10.3 Å². The molecule has 1 N–H and O–H groups in total. The molecule has 2 aromatic carbocycles. The van der Waals surface area contributed by atoms with Gasteiger partial charge in [0.25, 0.3) is 0 Å². The van der Waals surface area contributed by atoms with Gasteiger partial charge in [-0.25, -0.2) is 0 Å². The molecule has 5 nitrogen and oxygen atoms in total. The maximum absolute atomic E-state index is 13.9. The lowest BCUT2D eigenvalue weighted by molar-refractivity contribution is -0.128. The third-order valence-electron chi connectivity index (χ3n) is 6.82. The lowest BCUT2D eigenvalue weighted by Crippen LogP contribution is -2.47. The van der Waals surface area contributed by atoms with Crippen LogP contribution in [0.3, 0.4) is 0 Å². The van der Waals surface area contributed by atoms with E-state index in [1.165, 1.54) is 5.57 Å². The van der Waals surface area contributed by atoms with Gasteiger partial charge in [0.05, 0.1) is 0 Å². The Morgan fingerprint density at radius 2 is 1.66 bits per heavy atom. The summed E-state index contributed by atoms with van der Waals surface area (Å²) in [5, 5.41) is 3.19. The molecule has 4 rings (SSSR count). The molecule has 3 aromatic rings. The highest BCUT2D eigenvalue weighted by Gasteiger charge is 2.34. The summed E-state index contributed by atoms with van der Waals surface area (Å²) in [5.41, 5.74) is 4.82. The first-order valence-electron chi connectivity index (χ1n) is 13.5. The standard InChI is InChI=1S/C33H37N3O2/c1-24(2)33(38)36(30-20-18-28(19-21-30)27-13-8-5-9-14-27)31(29-15-10-22-34-23-29)32(37)35-25(3)16-17-26-11-6-4-7-12-26/h5-6,8-15,18-25,31H,4,7,16-17H2,1-3H3,(H,35,37)/t25-,31+/m0/s1. The predicted molar refractivity (Wildman–Crippen MR) is 154 cm³/mol. The minimum atomic E-state index is -0.836. The quantitative estimate of drug-likeness (QED) is 0.320. The summed E-state index contributed by atoms with van der Waals surface area (Å²) in [7, 11) is 0. The molecule has 0 spiro atoms. The molecular weight excluding hydrogens is 470 g/mol. The molecule has 38 heavy (non-hydrogen) atoms. The Bertz CT molecular complexity index is 1260. The molecule has 0 fully saturated rings. The van der Waals surface area contributed by atoms with Gasteiger partial charge < -0.3 is 5.32 Å². The summed E-state index contributed by atoms with van der Waals surface area (Å²) in [6.07, 6.45) is 13.9. The molecule has 1 heterocycles. The van der Waals surface area contributed by atoms with Gasteiger partial charge in [-0.2, -0.15) is 0 Å². The first kappa shape index (κ1) is 27.1. The third-order valence-corrected chi connectivity index (χ3v) is 6.82. The number of pyridine rings is 1. The van der Waals surface area contributed by atoms with Crippen LogP contribution in [0.25, 0.3) is 11.1 Å². The molecule has 5 heteroatoms. The summed E-state index contributed by atoms with van der Waals surface area (Å²) in [4.78, 5) is 33.4. The van der Waals surface area contributed by atoms with Crippen LogP contribution >= 0.6 is 0 Å². The number of aromatic nitrogens is 1. The predicted octanol–water partition coefficient (Wildman–Crippen LogP) is 7.04. The molecule has 1 aliphatic rings. The second-order valence-electron chi connectivity index (χ2n) is 10.2. The molecular formula is C33H37N3O2. The Morgan fingerprint density at radius 1 is 0.921 bits per heavy atom. The summed E-state index contributed by atoms with van der Waals surface area (Å²) >= 11 is 0. The van der Waals surface area contributed by atoms with Crippen LogP contribution in [0.15, 0.2) is 103 Å². The molecule has 196 valence electrons. The smallest absolute Gasteiger partial charge is 0.248 e. The first-order chi connectivity index (χ1) is 18.4. The molecule has 2 amide bonds. The lowest BCUT2D eigenvalue weighted by atomic mass is 9.99. The molecule has 0 saturated carbocycles. The van der Waals surface area contributed by atoms with Crippen molar-refractivity contribution < 1.29 is 9.59 Å². The summed E-state index contributed by atoms with van der Waals surface area (Å²) in [5.74, 6) is -0.621. The highest BCUT2D eigenvalue weighted by molar-refractivity contribution is 6.02. The molecule has 0 saturated heterocycles. The van der Waals surface area contributed by atoms with E-state index in [0.29, 0.717) is 11.3 Å². The first-order valence-corrected chi connectivity index (χ1v) is 13.5. The zero-order valence-electron chi connectivity index (χ0n) is 22.5. The number of rotatable bonds is 10. The SMILES string of the molecule is CC(C)C(=O)N(c1ccc(-c2ccccc2)cc1)[C@@H](C(=O)N[C@@H](C)CCC1=CCCC=C1)c1cccnc1. The van der Waals surface area contributed by atoms with Gasteiger partial charge in [0, 0.05) is 35.6 Å². The lowest BCUT2D eigenvalue weighted by Gasteiger charge is -2.33. The minimum Gasteiger partial charge on any atom is -0.352 e. The van der Waals surface area contributed by atoms with Crippen molar-refractivity contribution in [3.63, 3.8) is 0 Å². The largest absolute Gasteiger partial charge is 0.352 e. The van der Waals surface area contributed by atoms with Crippen molar-refractivity contribution >= 4 is 17.5 Å². The van der Waals surface area contributed by atoms with Gasteiger partial charge >= 0.3 is 0 Å². The summed E-state index contributed by atoms with van der Waals surface area (Å²) in [6.45, 7) is 5.74. The number of anilines is 1. The number of carbonyl (C=O) groups excluding carboxylic acids is 2. The normalized spacial score (nSPS) is 14.5. The number of nitrogens with one attached hydrogen (secondary N) is 1. The van der Waals surface area contributed by atoms with E-state index < -0.39 is 6.04 Å². The number of benzene rings is 2. The van der Waals surface area contributed by atoms with Crippen LogP contribution in [0, 0.1) is 5.92 Å². The van der Waals surface area contributed by atoms with Crippen LogP contribution in [0.1, 0.15) is 58.1 Å². The molecule has 0 radical (unpaired) electrons. The van der Waals surface area contributed by atoms with Gasteiger partial charge in [-0.15, -0.1) is 0 Å². The fraction of sp³-hybridized carbons (Fsp3) is 0.303. The van der Waals surface area contributed by atoms with Gasteiger partial charge in [-0.1, -0.05) is 86.2 Å². The van der Waals surface area contributed by atoms with E-state index in [1.54, 1.807) is 23.4 Å². The third kappa shape index (κ3) is 6.86. The monoisotopic (exact) mass is 507 g/mol. The van der Waals surface area contributed by atoms with E-state index in [-0.39, 0.29) is 23.8 Å². The van der Waals surface area contributed by atoms with Crippen LogP contribution in [-0.4, -0.2) is 22.8 Å². The molecule has 0 aliphatic heterocycles. The van der Waals surface area contributed by atoms with Crippen molar-refractivity contribution in [2.45, 2.75) is 58.5 Å². The van der Waals surface area contributed by atoms with E-state index in [1.807, 2.05) is 69.3 Å². The van der Waals surface area contributed by atoms with E-state index in [0.717, 1.165) is 36.8 Å². The van der Waals surface area contributed by atoms with Gasteiger partial charge in [0.2, 0.25) is 11.8 Å².